The van der Waals surface area contributed by atoms with E-state index in [0.29, 0.717) is 12.5 Å². The molecule has 2 aromatic rings. The van der Waals surface area contributed by atoms with Crippen molar-refractivity contribution in [3.8, 4) is 0 Å². The third-order valence-corrected chi connectivity index (χ3v) is 4.44. The average molecular weight is 400 g/mol. The highest BCUT2D eigenvalue weighted by Gasteiger charge is 2.34. The van der Waals surface area contributed by atoms with E-state index in [1.54, 1.807) is 6.21 Å². The van der Waals surface area contributed by atoms with Crippen molar-refractivity contribution < 1.29 is 4.74 Å². The van der Waals surface area contributed by atoms with Gasteiger partial charge in [0.25, 0.3) is 0 Å². The summed E-state index contributed by atoms with van der Waals surface area (Å²) in [6, 6.07) is 15.9. The normalized spacial score (nSPS) is 18.9. The van der Waals surface area contributed by atoms with Crippen molar-refractivity contribution in [2.75, 3.05) is 6.61 Å². The highest BCUT2D eigenvalue weighted by atomic mass is 79.9. The first-order valence-electron chi connectivity index (χ1n) is 8.34. The third kappa shape index (κ3) is 4.54. The SMILES string of the molecule is CC(C)(C)[C@H](N=Cc1cccc(Br)n1)C1=N[C@H](c2ccccc2)CO1. The van der Waals surface area contributed by atoms with Crippen molar-refractivity contribution in [1.82, 2.24) is 4.98 Å². The first-order chi connectivity index (χ1) is 11.9. The Bertz CT molecular complexity index is 781. The number of nitrogens with zero attached hydrogens (tertiary/aromatic N) is 3. The molecule has 0 amide bonds. The van der Waals surface area contributed by atoms with Gasteiger partial charge in [-0.25, -0.2) is 9.98 Å². The molecular formula is C20H22BrN3O. The highest BCUT2D eigenvalue weighted by Crippen LogP contribution is 2.30. The lowest BCUT2D eigenvalue weighted by Crippen LogP contribution is -2.33. The van der Waals surface area contributed by atoms with Gasteiger partial charge in [0.2, 0.25) is 5.90 Å². The molecule has 0 saturated heterocycles. The zero-order valence-corrected chi connectivity index (χ0v) is 16.3. The molecule has 2 heterocycles. The van der Waals surface area contributed by atoms with Gasteiger partial charge in [-0.15, -0.1) is 0 Å². The zero-order valence-electron chi connectivity index (χ0n) is 14.7. The van der Waals surface area contributed by atoms with Gasteiger partial charge in [-0.3, -0.25) is 4.99 Å². The second-order valence-electron chi connectivity index (χ2n) is 7.14. The average Bonchev–Trinajstić information content (AvgIpc) is 3.04. The smallest absolute Gasteiger partial charge is 0.210 e. The van der Waals surface area contributed by atoms with Crippen LogP contribution < -0.4 is 0 Å². The van der Waals surface area contributed by atoms with Crippen LogP contribution in [0.25, 0.3) is 0 Å². The maximum absolute atomic E-state index is 5.93. The fourth-order valence-electron chi connectivity index (χ4n) is 2.69. The van der Waals surface area contributed by atoms with Crippen LogP contribution in [0.4, 0.5) is 0 Å². The van der Waals surface area contributed by atoms with E-state index in [1.807, 2.05) is 36.4 Å². The fourth-order valence-corrected chi connectivity index (χ4v) is 3.05. The van der Waals surface area contributed by atoms with Gasteiger partial charge >= 0.3 is 0 Å². The minimum Gasteiger partial charge on any atom is -0.477 e. The molecule has 0 N–H and O–H groups in total. The van der Waals surface area contributed by atoms with Gasteiger partial charge in [0.1, 0.15) is 23.3 Å². The lowest BCUT2D eigenvalue weighted by atomic mass is 9.87. The van der Waals surface area contributed by atoms with E-state index in [4.69, 9.17) is 14.7 Å². The molecule has 130 valence electrons. The molecule has 0 saturated carbocycles. The number of aromatic nitrogens is 1. The molecule has 1 aliphatic rings. The van der Waals surface area contributed by atoms with E-state index in [9.17, 15) is 0 Å². The van der Waals surface area contributed by atoms with Gasteiger partial charge in [0.15, 0.2) is 0 Å². The molecule has 0 spiro atoms. The van der Waals surface area contributed by atoms with Gasteiger partial charge in [-0.2, -0.15) is 0 Å². The molecule has 1 aromatic carbocycles. The van der Waals surface area contributed by atoms with Crippen LogP contribution in [0, 0.1) is 5.41 Å². The van der Waals surface area contributed by atoms with E-state index in [0.717, 1.165) is 10.3 Å². The molecule has 1 aliphatic heterocycles. The molecule has 0 fully saturated rings. The number of halogens is 1. The van der Waals surface area contributed by atoms with E-state index in [2.05, 4.69) is 53.8 Å². The van der Waals surface area contributed by atoms with Crippen molar-refractivity contribution in [3.63, 3.8) is 0 Å². The maximum atomic E-state index is 5.93. The van der Waals surface area contributed by atoms with E-state index >= 15 is 0 Å². The van der Waals surface area contributed by atoms with Crippen molar-refractivity contribution in [3.05, 3.63) is 64.4 Å². The molecule has 0 unspecified atom stereocenters. The molecule has 1 aromatic heterocycles. The van der Waals surface area contributed by atoms with E-state index < -0.39 is 0 Å². The summed E-state index contributed by atoms with van der Waals surface area (Å²) in [5.74, 6) is 0.701. The van der Waals surface area contributed by atoms with Crippen molar-refractivity contribution in [2.45, 2.75) is 32.9 Å². The summed E-state index contributed by atoms with van der Waals surface area (Å²) < 4.78 is 6.72. The van der Waals surface area contributed by atoms with Crippen molar-refractivity contribution >= 4 is 28.0 Å². The van der Waals surface area contributed by atoms with Gasteiger partial charge < -0.3 is 4.74 Å². The van der Waals surface area contributed by atoms with Gasteiger partial charge in [0, 0.05) is 6.21 Å². The Hall–Kier alpha value is -2.01. The predicted octanol–water partition coefficient (Wildman–Crippen LogP) is 4.85. The maximum Gasteiger partial charge on any atom is 0.210 e. The van der Waals surface area contributed by atoms with Gasteiger partial charge in [-0.05, 0) is 39.0 Å². The first-order valence-corrected chi connectivity index (χ1v) is 9.14. The Morgan fingerprint density at radius 3 is 2.60 bits per heavy atom. The Balaban J connectivity index is 1.84. The van der Waals surface area contributed by atoms with E-state index in [1.165, 1.54) is 5.56 Å². The van der Waals surface area contributed by atoms with Crippen LogP contribution >= 0.6 is 15.9 Å². The van der Waals surface area contributed by atoms with Crippen LogP contribution in [0.15, 0.2) is 63.1 Å². The molecular weight excluding hydrogens is 378 g/mol. The topological polar surface area (TPSA) is 46.8 Å². The summed E-state index contributed by atoms with van der Waals surface area (Å²) in [7, 11) is 0. The number of rotatable bonds is 4. The minimum atomic E-state index is -0.151. The standard InChI is InChI=1S/C20H22BrN3O/c1-20(2,3)18(22-12-15-10-7-11-17(21)23-15)19-24-16(13-25-19)14-8-5-4-6-9-14/h4-12,16,18H,13H2,1-3H3/t16-,18+/m0/s1. The van der Waals surface area contributed by atoms with Crippen LogP contribution in [0.3, 0.4) is 0 Å². The number of hydrogen-bond donors (Lipinski definition) is 0. The monoisotopic (exact) mass is 399 g/mol. The van der Waals surface area contributed by atoms with Crippen LogP contribution in [0.5, 0.6) is 0 Å². The first kappa shape index (κ1) is 17.8. The zero-order chi connectivity index (χ0) is 17.9. The molecule has 2 atom stereocenters. The van der Waals surface area contributed by atoms with Crippen LogP contribution in [-0.4, -0.2) is 29.7 Å². The van der Waals surface area contributed by atoms with Crippen molar-refractivity contribution in [2.24, 2.45) is 15.4 Å². The second kappa shape index (κ2) is 7.48. The summed E-state index contributed by atoms with van der Waals surface area (Å²) in [5, 5.41) is 0. The Labute approximate surface area is 157 Å². The molecule has 0 aliphatic carbocycles. The summed E-state index contributed by atoms with van der Waals surface area (Å²) in [5.41, 5.74) is 1.87. The summed E-state index contributed by atoms with van der Waals surface area (Å²) in [6.07, 6.45) is 1.79. The van der Waals surface area contributed by atoms with Crippen LogP contribution in [0.1, 0.15) is 38.1 Å². The van der Waals surface area contributed by atoms with Gasteiger partial charge in [-0.1, -0.05) is 57.2 Å². The van der Waals surface area contributed by atoms with Crippen LogP contribution in [-0.2, 0) is 4.74 Å². The minimum absolute atomic E-state index is 0.0419. The Morgan fingerprint density at radius 1 is 1.16 bits per heavy atom. The molecule has 25 heavy (non-hydrogen) atoms. The molecule has 3 rings (SSSR count). The number of hydrogen-bond acceptors (Lipinski definition) is 4. The number of aliphatic imine (C=N–C) groups is 2. The van der Waals surface area contributed by atoms with E-state index in [-0.39, 0.29) is 17.5 Å². The molecule has 4 nitrogen and oxygen atoms in total. The Kier molecular flexibility index (Phi) is 5.33. The summed E-state index contributed by atoms with van der Waals surface area (Å²) >= 11 is 3.39. The molecule has 5 heteroatoms. The quantitative estimate of drug-likeness (QED) is 0.544. The highest BCUT2D eigenvalue weighted by molar-refractivity contribution is 9.10. The fraction of sp³-hybridized carbons (Fsp3) is 0.350. The van der Waals surface area contributed by atoms with Gasteiger partial charge in [0.05, 0.1) is 5.69 Å². The number of pyridine rings is 1. The molecule has 0 bridgehead atoms. The van der Waals surface area contributed by atoms with Crippen molar-refractivity contribution in [1.29, 1.82) is 0 Å². The third-order valence-electron chi connectivity index (χ3n) is 4.00. The lowest BCUT2D eigenvalue weighted by molar-refractivity contribution is 0.277. The molecule has 0 radical (unpaired) electrons. The lowest BCUT2D eigenvalue weighted by Gasteiger charge is -2.26. The second-order valence-corrected chi connectivity index (χ2v) is 7.95. The summed E-state index contributed by atoms with van der Waals surface area (Å²) in [4.78, 5) is 14.0. The van der Waals surface area contributed by atoms with Crippen LogP contribution in [0.2, 0.25) is 0 Å². The predicted molar refractivity (Wildman–Crippen MR) is 105 cm³/mol. The number of benzene rings is 1. The summed E-state index contributed by atoms with van der Waals surface area (Å²) in [6.45, 7) is 7.00. The number of ether oxygens (including phenoxy) is 1. The largest absolute Gasteiger partial charge is 0.477 e. The Morgan fingerprint density at radius 2 is 1.92 bits per heavy atom.